The number of nitrogens with zero attached hydrogens (tertiary/aromatic N) is 5. The van der Waals surface area contributed by atoms with Gasteiger partial charge in [-0.3, -0.25) is 0 Å². The molecule has 2 fully saturated rings. The van der Waals surface area contributed by atoms with E-state index in [1.165, 1.54) is 11.8 Å². The summed E-state index contributed by atoms with van der Waals surface area (Å²) in [5.74, 6) is 1.43. The molecule has 0 aromatic carbocycles. The Balaban J connectivity index is 0.000000807. The second kappa shape index (κ2) is 11.3. The molecule has 0 atom stereocenters. The molecule has 2 aliphatic rings. The van der Waals surface area contributed by atoms with E-state index in [4.69, 9.17) is 44.7 Å². The lowest BCUT2D eigenvalue weighted by atomic mass is 9.78. The fraction of sp³-hybridized carbons (Fsp3) is 0.400. The van der Waals surface area contributed by atoms with Crippen molar-refractivity contribution in [2.45, 2.75) is 29.2 Å². The van der Waals surface area contributed by atoms with E-state index < -0.39 is 0 Å². The highest BCUT2D eigenvalue weighted by molar-refractivity contribution is 7.99. The maximum atomic E-state index is 6.50. The van der Waals surface area contributed by atoms with Crippen LogP contribution < -0.4 is 16.4 Å². The van der Waals surface area contributed by atoms with Gasteiger partial charge in [-0.1, -0.05) is 35.0 Å². The maximum Gasteiger partial charge on any atom is 0.158 e. The Morgan fingerprint density at radius 2 is 1.81 bits per heavy atom. The summed E-state index contributed by atoms with van der Waals surface area (Å²) in [4.78, 5) is 15.8. The van der Waals surface area contributed by atoms with E-state index >= 15 is 0 Å². The number of anilines is 3. The zero-order valence-corrected chi connectivity index (χ0v) is 19.1. The normalized spacial score (nSPS) is 16.6. The standard InChI is InChI=1S/C17H20Cl2N6OS.C2H2.CHN/c18-13-10(7-11(20)23-14(13)19)27-16-15(21)24-12(8-22-16)25-4-1-17(2-5-25)3-6-26-9-17;2*1-2/h7-8H,1-6,9H2,(H2,20,23)(H2,21,24);1-2H;1H. The second-order valence-corrected chi connectivity index (χ2v) is 8.73. The SMILES string of the molecule is C#C.C#N.Nc1cc(Sc2ncc(N3CCC4(CCOC4)CC3)nc2N)c(Cl)c(Cl)n1. The molecule has 2 aliphatic heterocycles. The molecule has 4 heterocycles. The van der Waals surface area contributed by atoms with Crippen LogP contribution in [0.15, 0.2) is 22.2 Å². The largest absolute Gasteiger partial charge is 0.384 e. The third-order valence-corrected chi connectivity index (χ3v) is 7.11. The van der Waals surface area contributed by atoms with Crippen molar-refractivity contribution in [3.05, 3.63) is 22.4 Å². The fourth-order valence-electron chi connectivity index (χ4n) is 3.54. The van der Waals surface area contributed by atoms with Gasteiger partial charge >= 0.3 is 0 Å². The van der Waals surface area contributed by atoms with Gasteiger partial charge in [0.05, 0.1) is 17.8 Å². The van der Waals surface area contributed by atoms with Crippen LogP contribution in [0.2, 0.25) is 10.2 Å². The van der Waals surface area contributed by atoms with Crippen molar-refractivity contribution in [1.29, 1.82) is 5.26 Å². The summed E-state index contributed by atoms with van der Waals surface area (Å²) in [6.07, 6.45) is 13.1. The first-order valence-corrected chi connectivity index (χ1v) is 10.9. The summed E-state index contributed by atoms with van der Waals surface area (Å²) in [7, 11) is 0. The average Bonchev–Trinajstić information content (AvgIpc) is 3.24. The summed E-state index contributed by atoms with van der Waals surface area (Å²) in [5.41, 5.74) is 12.2. The number of aromatic nitrogens is 3. The zero-order chi connectivity index (χ0) is 23.0. The minimum Gasteiger partial charge on any atom is -0.384 e. The first-order chi connectivity index (χ1) is 15.0. The van der Waals surface area contributed by atoms with Crippen molar-refractivity contribution in [2.24, 2.45) is 5.41 Å². The van der Waals surface area contributed by atoms with Crippen molar-refractivity contribution in [1.82, 2.24) is 15.0 Å². The molecule has 0 bridgehead atoms. The third kappa shape index (κ3) is 5.84. The summed E-state index contributed by atoms with van der Waals surface area (Å²) >= 11 is 13.5. The summed E-state index contributed by atoms with van der Waals surface area (Å²) in [6.45, 7) is 7.13. The third-order valence-electron chi connectivity index (χ3n) is 5.19. The van der Waals surface area contributed by atoms with Crippen LogP contribution >= 0.6 is 35.0 Å². The van der Waals surface area contributed by atoms with Gasteiger partial charge in [0.1, 0.15) is 16.7 Å². The van der Waals surface area contributed by atoms with Crippen molar-refractivity contribution in [2.75, 3.05) is 42.7 Å². The molecule has 0 unspecified atom stereocenters. The molecular weight excluding hydrogens is 457 g/mol. The molecule has 0 radical (unpaired) electrons. The van der Waals surface area contributed by atoms with Crippen molar-refractivity contribution < 1.29 is 4.74 Å². The van der Waals surface area contributed by atoms with Crippen LogP contribution in [0.1, 0.15) is 19.3 Å². The fourth-order valence-corrected chi connectivity index (χ4v) is 4.84. The zero-order valence-electron chi connectivity index (χ0n) is 16.8. The molecule has 2 saturated heterocycles. The van der Waals surface area contributed by atoms with Gasteiger partial charge in [-0.2, -0.15) is 0 Å². The van der Waals surface area contributed by atoms with Gasteiger partial charge in [0.15, 0.2) is 11.0 Å². The Kier molecular flexibility index (Phi) is 9.02. The van der Waals surface area contributed by atoms with Crippen molar-refractivity contribution in [3.8, 4) is 19.4 Å². The van der Waals surface area contributed by atoms with Crippen LogP contribution in [0.3, 0.4) is 0 Å². The Bertz CT molecular complexity index is 932. The van der Waals surface area contributed by atoms with Gasteiger partial charge in [0.2, 0.25) is 0 Å². The number of pyridine rings is 1. The van der Waals surface area contributed by atoms with Gasteiger partial charge in [-0.15, -0.1) is 12.8 Å². The van der Waals surface area contributed by atoms with Gasteiger partial charge < -0.3 is 21.1 Å². The maximum absolute atomic E-state index is 6.50. The van der Waals surface area contributed by atoms with Crippen LogP contribution in [0.5, 0.6) is 0 Å². The Morgan fingerprint density at radius 1 is 1.13 bits per heavy atom. The van der Waals surface area contributed by atoms with E-state index in [2.05, 4.69) is 39.3 Å². The summed E-state index contributed by atoms with van der Waals surface area (Å²) < 4.78 is 5.59. The number of piperidine rings is 1. The average molecular weight is 480 g/mol. The molecule has 0 amide bonds. The van der Waals surface area contributed by atoms with E-state index in [9.17, 15) is 0 Å². The van der Waals surface area contributed by atoms with Crippen LogP contribution in [-0.4, -0.2) is 41.3 Å². The highest BCUT2D eigenvalue weighted by Crippen LogP contribution is 2.41. The minimum absolute atomic E-state index is 0.153. The number of halogens is 2. The van der Waals surface area contributed by atoms with Crippen molar-refractivity contribution in [3.63, 3.8) is 0 Å². The summed E-state index contributed by atoms with van der Waals surface area (Å²) in [6, 6.07) is 1.64. The van der Waals surface area contributed by atoms with E-state index in [1.54, 1.807) is 12.3 Å². The molecular formula is C20H23Cl2N7OS. The lowest BCUT2D eigenvalue weighted by Crippen LogP contribution is -2.41. The Morgan fingerprint density at radius 3 is 2.39 bits per heavy atom. The molecule has 4 N–H and O–H groups in total. The molecule has 31 heavy (non-hydrogen) atoms. The number of rotatable bonds is 3. The minimum atomic E-state index is 0.153. The first-order valence-electron chi connectivity index (χ1n) is 9.29. The van der Waals surface area contributed by atoms with E-state index in [0.717, 1.165) is 51.4 Å². The number of hydrogen-bond donors (Lipinski definition) is 2. The lowest BCUT2D eigenvalue weighted by Gasteiger charge is -2.38. The first kappa shape index (κ1) is 24.8. The topological polar surface area (TPSA) is 127 Å². The molecule has 2 aromatic heterocycles. The smallest absolute Gasteiger partial charge is 0.158 e. The molecule has 0 aliphatic carbocycles. The van der Waals surface area contributed by atoms with E-state index in [1.807, 2.05) is 0 Å². The van der Waals surface area contributed by atoms with Crippen LogP contribution in [0, 0.1) is 30.1 Å². The lowest BCUT2D eigenvalue weighted by molar-refractivity contribution is 0.133. The second-order valence-electron chi connectivity index (χ2n) is 6.96. The van der Waals surface area contributed by atoms with Gasteiger partial charge in [-0.05, 0) is 30.7 Å². The molecule has 1 spiro atoms. The number of nitrogen functional groups attached to an aromatic ring is 2. The van der Waals surface area contributed by atoms with Crippen LogP contribution in [-0.2, 0) is 4.74 Å². The summed E-state index contributed by atoms with van der Waals surface area (Å²) in [5, 5.41) is 7.53. The Hall–Kier alpha value is -2.43. The van der Waals surface area contributed by atoms with E-state index in [-0.39, 0.29) is 11.0 Å². The molecule has 4 rings (SSSR count). The van der Waals surface area contributed by atoms with Crippen molar-refractivity contribution >= 4 is 52.4 Å². The Labute approximate surface area is 196 Å². The predicted molar refractivity (Wildman–Crippen MR) is 125 cm³/mol. The van der Waals surface area contributed by atoms with Gasteiger partial charge in [-0.25, -0.2) is 20.2 Å². The number of hydrogen-bond acceptors (Lipinski definition) is 9. The number of nitriles is 1. The van der Waals surface area contributed by atoms with Crippen LogP contribution in [0.4, 0.5) is 17.5 Å². The number of nitrogens with two attached hydrogens (primary N) is 2. The highest BCUT2D eigenvalue weighted by Gasteiger charge is 2.38. The van der Waals surface area contributed by atoms with Gasteiger partial charge in [0.25, 0.3) is 0 Å². The molecule has 0 saturated carbocycles. The predicted octanol–water partition coefficient (Wildman–Crippen LogP) is 3.89. The highest BCUT2D eigenvalue weighted by atomic mass is 35.5. The molecule has 11 heteroatoms. The van der Waals surface area contributed by atoms with Gasteiger partial charge in [0, 0.05) is 31.2 Å². The number of ether oxygens (including phenoxy) is 1. The van der Waals surface area contributed by atoms with E-state index in [0.29, 0.717) is 26.2 Å². The molecule has 2 aromatic rings. The monoisotopic (exact) mass is 479 g/mol. The number of terminal acetylenes is 1. The molecule has 164 valence electrons. The molecule has 8 nitrogen and oxygen atoms in total. The van der Waals surface area contributed by atoms with Crippen LogP contribution in [0.25, 0.3) is 0 Å². The quantitative estimate of drug-likeness (QED) is 0.497.